The molecule has 0 atom stereocenters. The van der Waals surface area contributed by atoms with Crippen LogP contribution >= 0.6 is 0 Å². The summed E-state index contributed by atoms with van der Waals surface area (Å²) in [6.07, 6.45) is 2.42. The fraction of sp³-hybridized carbons (Fsp3) is 0.357. The summed E-state index contributed by atoms with van der Waals surface area (Å²) >= 11 is 0. The smallest absolute Gasteiger partial charge is 0.354 e. The lowest BCUT2D eigenvalue weighted by Crippen LogP contribution is -2.11. The minimum atomic E-state index is -1.01. The number of nitrogens with zero attached hydrogens (tertiary/aromatic N) is 3. The largest absolute Gasteiger partial charge is 0.477 e. The maximum absolute atomic E-state index is 11.1. The highest BCUT2D eigenvalue weighted by Crippen LogP contribution is 2.16. The van der Waals surface area contributed by atoms with E-state index < -0.39 is 5.97 Å². The first-order valence-corrected chi connectivity index (χ1v) is 6.24. The van der Waals surface area contributed by atoms with Crippen molar-refractivity contribution in [2.24, 2.45) is 0 Å². The fourth-order valence-electron chi connectivity index (χ4n) is 2.32. The summed E-state index contributed by atoms with van der Waals surface area (Å²) in [5, 5.41) is 13.6. The summed E-state index contributed by atoms with van der Waals surface area (Å²) in [4.78, 5) is 15.0. The molecule has 0 amide bonds. The van der Waals surface area contributed by atoms with E-state index in [0.717, 1.165) is 17.8 Å². The molecule has 19 heavy (non-hydrogen) atoms. The van der Waals surface area contributed by atoms with E-state index in [4.69, 9.17) is 5.11 Å². The second kappa shape index (κ2) is 5.22. The molecule has 2 aromatic rings. The number of carboxylic acids is 1. The van der Waals surface area contributed by atoms with Gasteiger partial charge in [-0.05, 0) is 31.9 Å². The standard InChI is InChI=1S/C14H17N3O2/c1-4-12-9(2)16-17(10(12)3)8-11-6-5-7-15-13(11)14(18)19/h5-7H,4,8H2,1-3H3,(H,18,19). The molecule has 0 aliphatic rings. The Kier molecular flexibility index (Phi) is 3.64. The number of aryl methyl sites for hydroxylation is 1. The van der Waals surface area contributed by atoms with Gasteiger partial charge < -0.3 is 5.11 Å². The van der Waals surface area contributed by atoms with Crippen LogP contribution in [0.4, 0.5) is 0 Å². The van der Waals surface area contributed by atoms with Crippen molar-refractivity contribution in [1.82, 2.24) is 14.8 Å². The highest BCUT2D eigenvalue weighted by molar-refractivity contribution is 5.86. The van der Waals surface area contributed by atoms with Crippen LogP contribution in [0, 0.1) is 13.8 Å². The lowest BCUT2D eigenvalue weighted by Gasteiger charge is -2.07. The van der Waals surface area contributed by atoms with E-state index in [1.165, 1.54) is 11.8 Å². The number of rotatable bonds is 4. The first-order valence-electron chi connectivity index (χ1n) is 6.24. The molecular formula is C14H17N3O2. The number of aromatic carboxylic acids is 1. The van der Waals surface area contributed by atoms with Crippen molar-refractivity contribution < 1.29 is 9.90 Å². The second-order valence-electron chi connectivity index (χ2n) is 4.48. The van der Waals surface area contributed by atoms with Gasteiger partial charge in [-0.3, -0.25) is 4.68 Å². The SMILES string of the molecule is CCc1c(C)nn(Cc2cccnc2C(=O)O)c1C. The summed E-state index contributed by atoms with van der Waals surface area (Å²) in [5.74, 6) is -1.01. The van der Waals surface area contributed by atoms with Gasteiger partial charge in [0.25, 0.3) is 0 Å². The third-order valence-corrected chi connectivity index (χ3v) is 3.30. The first-order chi connectivity index (χ1) is 9.04. The maximum Gasteiger partial charge on any atom is 0.354 e. The van der Waals surface area contributed by atoms with Crippen LogP contribution in [0.25, 0.3) is 0 Å². The van der Waals surface area contributed by atoms with E-state index in [2.05, 4.69) is 17.0 Å². The molecular weight excluding hydrogens is 242 g/mol. The van der Waals surface area contributed by atoms with Crippen LogP contribution in [0.3, 0.4) is 0 Å². The van der Waals surface area contributed by atoms with Gasteiger partial charge >= 0.3 is 5.97 Å². The zero-order valence-corrected chi connectivity index (χ0v) is 11.3. The predicted octanol–water partition coefficient (Wildman–Crippen LogP) is 2.20. The van der Waals surface area contributed by atoms with Crippen molar-refractivity contribution >= 4 is 5.97 Å². The Labute approximate surface area is 111 Å². The Balaban J connectivity index is 2.39. The van der Waals surface area contributed by atoms with Gasteiger partial charge in [0.15, 0.2) is 5.69 Å². The summed E-state index contributed by atoms with van der Waals surface area (Å²) in [6.45, 7) is 6.51. The van der Waals surface area contributed by atoms with Gasteiger partial charge in [0.1, 0.15) is 0 Å². The zero-order valence-electron chi connectivity index (χ0n) is 11.3. The van der Waals surface area contributed by atoms with Gasteiger partial charge in [0, 0.05) is 17.5 Å². The van der Waals surface area contributed by atoms with Gasteiger partial charge in [-0.15, -0.1) is 0 Å². The molecule has 5 heteroatoms. The van der Waals surface area contributed by atoms with E-state index in [1.54, 1.807) is 12.1 Å². The number of carboxylic acid groups (broad SMARTS) is 1. The molecule has 0 radical (unpaired) electrons. The molecule has 100 valence electrons. The molecule has 0 aliphatic carbocycles. The van der Waals surface area contributed by atoms with Crippen LogP contribution in [-0.4, -0.2) is 25.8 Å². The summed E-state index contributed by atoms with van der Waals surface area (Å²) in [6, 6.07) is 3.52. The Morgan fingerprint density at radius 1 is 1.42 bits per heavy atom. The molecule has 5 nitrogen and oxygen atoms in total. The van der Waals surface area contributed by atoms with Crippen molar-refractivity contribution in [2.75, 3.05) is 0 Å². The van der Waals surface area contributed by atoms with Gasteiger partial charge in [0.05, 0.1) is 12.2 Å². The third-order valence-electron chi connectivity index (χ3n) is 3.30. The van der Waals surface area contributed by atoms with E-state index in [9.17, 15) is 4.79 Å². The van der Waals surface area contributed by atoms with Gasteiger partial charge in [-0.2, -0.15) is 5.10 Å². The lowest BCUT2D eigenvalue weighted by molar-refractivity contribution is 0.0689. The minimum Gasteiger partial charge on any atom is -0.477 e. The number of aromatic nitrogens is 3. The topological polar surface area (TPSA) is 68.0 Å². The maximum atomic E-state index is 11.1. The Morgan fingerprint density at radius 3 is 2.74 bits per heavy atom. The summed E-state index contributed by atoms with van der Waals surface area (Å²) in [7, 11) is 0. The van der Waals surface area contributed by atoms with Crippen LogP contribution in [0.2, 0.25) is 0 Å². The number of carbonyl (C=O) groups is 1. The fourth-order valence-corrected chi connectivity index (χ4v) is 2.32. The first kappa shape index (κ1) is 13.3. The summed E-state index contributed by atoms with van der Waals surface area (Å²) in [5.41, 5.74) is 4.07. The lowest BCUT2D eigenvalue weighted by atomic mass is 10.1. The Morgan fingerprint density at radius 2 is 2.16 bits per heavy atom. The van der Waals surface area contributed by atoms with Crippen LogP contribution in [0.15, 0.2) is 18.3 Å². The molecule has 2 aromatic heterocycles. The molecule has 0 aliphatic heterocycles. The second-order valence-corrected chi connectivity index (χ2v) is 4.48. The van der Waals surface area contributed by atoms with Crippen molar-refractivity contribution in [3.8, 4) is 0 Å². The highest BCUT2D eigenvalue weighted by Gasteiger charge is 2.14. The normalized spacial score (nSPS) is 10.7. The van der Waals surface area contributed by atoms with Gasteiger partial charge in [-0.25, -0.2) is 9.78 Å². The van der Waals surface area contributed by atoms with Crippen molar-refractivity contribution in [3.05, 3.63) is 46.5 Å². The Hall–Kier alpha value is -2.17. The quantitative estimate of drug-likeness (QED) is 0.914. The molecule has 0 aromatic carbocycles. The van der Waals surface area contributed by atoms with Gasteiger partial charge in [-0.1, -0.05) is 13.0 Å². The molecule has 2 rings (SSSR count). The number of pyridine rings is 1. The van der Waals surface area contributed by atoms with E-state index in [0.29, 0.717) is 12.1 Å². The van der Waals surface area contributed by atoms with Crippen LogP contribution in [0.5, 0.6) is 0 Å². The van der Waals surface area contributed by atoms with Crippen LogP contribution < -0.4 is 0 Å². The van der Waals surface area contributed by atoms with Crippen molar-refractivity contribution in [2.45, 2.75) is 33.7 Å². The molecule has 0 saturated heterocycles. The minimum absolute atomic E-state index is 0.0908. The molecule has 1 N–H and O–H groups in total. The van der Waals surface area contributed by atoms with E-state index >= 15 is 0 Å². The molecule has 0 saturated carbocycles. The third kappa shape index (κ3) is 2.50. The average molecular weight is 259 g/mol. The number of hydrogen-bond acceptors (Lipinski definition) is 3. The van der Waals surface area contributed by atoms with E-state index in [1.807, 2.05) is 18.5 Å². The zero-order chi connectivity index (χ0) is 14.0. The highest BCUT2D eigenvalue weighted by atomic mass is 16.4. The molecule has 0 fully saturated rings. The predicted molar refractivity (Wildman–Crippen MR) is 71.4 cm³/mol. The van der Waals surface area contributed by atoms with Crippen LogP contribution in [-0.2, 0) is 13.0 Å². The Bertz CT molecular complexity index is 617. The van der Waals surface area contributed by atoms with Gasteiger partial charge in [0.2, 0.25) is 0 Å². The van der Waals surface area contributed by atoms with Crippen LogP contribution in [0.1, 0.15) is 39.9 Å². The van der Waals surface area contributed by atoms with E-state index in [-0.39, 0.29) is 5.69 Å². The average Bonchev–Trinajstić information content (AvgIpc) is 2.64. The monoisotopic (exact) mass is 259 g/mol. The van der Waals surface area contributed by atoms with Crippen molar-refractivity contribution in [3.63, 3.8) is 0 Å². The van der Waals surface area contributed by atoms with Crippen molar-refractivity contribution in [1.29, 1.82) is 0 Å². The number of hydrogen-bond donors (Lipinski definition) is 1. The molecule has 0 bridgehead atoms. The molecule has 0 spiro atoms. The molecule has 2 heterocycles. The molecule has 0 unspecified atom stereocenters. The summed E-state index contributed by atoms with van der Waals surface area (Å²) < 4.78 is 1.84.